The Morgan fingerprint density at radius 3 is 2.92 bits per heavy atom. The molecule has 2 aliphatic rings. The lowest BCUT2D eigenvalue weighted by atomic mass is 9.98. The third kappa shape index (κ3) is 3.82. The molecule has 0 bridgehead atoms. The molecule has 0 fully saturated rings. The van der Waals surface area contributed by atoms with E-state index < -0.39 is 12.1 Å². The highest BCUT2D eigenvalue weighted by molar-refractivity contribution is 5.81. The number of carbonyl (C=O) groups is 1. The second-order valence-corrected chi connectivity index (χ2v) is 9.44. The number of hydrogen-bond donors (Lipinski definition) is 1. The van der Waals surface area contributed by atoms with Crippen molar-refractivity contribution in [2.45, 2.75) is 38.2 Å². The van der Waals surface area contributed by atoms with Crippen molar-refractivity contribution in [2.75, 3.05) is 6.61 Å². The zero-order valence-corrected chi connectivity index (χ0v) is 20.0. The van der Waals surface area contributed by atoms with Crippen LogP contribution in [0.25, 0.3) is 10.9 Å². The highest BCUT2D eigenvalue weighted by Gasteiger charge is 2.32. The van der Waals surface area contributed by atoms with Crippen LogP contribution in [0.3, 0.4) is 0 Å². The first-order chi connectivity index (χ1) is 17.4. The van der Waals surface area contributed by atoms with Gasteiger partial charge < -0.3 is 19.3 Å². The third-order valence-electron chi connectivity index (χ3n) is 7.07. The fourth-order valence-corrected chi connectivity index (χ4v) is 5.24. The topological polar surface area (TPSA) is 82.8 Å². The summed E-state index contributed by atoms with van der Waals surface area (Å²) in [7, 11) is 1.90. The number of aryl methyl sites for hydroxylation is 2. The number of carboxylic acids is 1. The molecule has 0 spiro atoms. The Kier molecular flexibility index (Phi) is 5.32. The number of fused-ring (bicyclic) bond motifs is 3. The van der Waals surface area contributed by atoms with Gasteiger partial charge in [-0.25, -0.2) is 4.39 Å². The zero-order chi connectivity index (χ0) is 25.0. The SMILES string of the molecule is Cc1cc2c(cnn2C)cc1Oc1ccc(F)c2c1CC[C@H]2Oc1ccc2c(c1)OCC2CC(=O)O. The molecular weight excluding hydrogens is 463 g/mol. The summed E-state index contributed by atoms with van der Waals surface area (Å²) >= 11 is 0. The van der Waals surface area contributed by atoms with Crippen molar-refractivity contribution in [3.8, 4) is 23.0 Å². The maximum atomic E-state index is 15.0. The summed E-state index contributed by atoms with van der Waals surface area (Å²) in [5, 5.41) is 14.4. The molecule has 1 unspecified atom stereocenters. The Hall–Kier alpha value is -4.07. The second-order valence-electron chi connectivity index (χ2n) is 9.44. The van der Waals surface area contributed by atoms with Crippen LogP contribution in [-0.2, 0) is 18.3 Å². The summed E-state index contributed by atoms with van der Waals surface area (Å²) in [5.41, 5.74) is 4.17. The van der Waals surface area contributed by atoms with E-state index in [4.69, 9.17) is 19.3 Å². The lowest BCUT2D eigenvalue weighted by molar-refractivity contribution is -0.137. The molecule has 8 heteroatoms. The summed E-state index contributed by atoms with van der Waals surface area (Å²) in [6.07, 6.45) is 2.60. The van der Waals surface area contributed by atoms with E-state index >= 15 is 4.39 Å². The highest BCUT2D eigenvalue weighted by atomic mass is 19.1. The van der Waals surface area contributed by atoms with Crippen LogP contribution in [0.2, 0.25) is 0 Å². The van der Waals surface area contributed by atoms with E-state index in [2.05, 4.69) is 5.10 Å². The first-order valence-corrected chi connectivity index (χ1v) is 11.9. The quantitative estimate of drug-likeness (QED) is 0.368. The molecule has 4 aromatic rings. The van der Waals surface area contributed by atoms with Crippen molar-refractivity contribution in [1.29, 1.82) is 0 Å². The van der Waals surface area contributed by atoms with Gasteiger partial charge in [0.25, 0.3) is 0 Å². The molecule has 2 heterocycles. The Morgan fingerprint density at radius 1 is 1.22 bits per heavy atom. The molecule has 6 rings (SSSR count). The number of rotatable bonds is 6. The predicted octanol–water partition coefficient (Wildman–Crippen LogP) is 5.83. The Morgan fingerprint density at radius 2 is 2.08 bits per heavy atom. The average molecular weight is 489 g/mol. The summed E-state index contributed by atoms with van der Waals surface area (Å²) in [4.78, 5) is 11.1. The average Bonchev–Trinajstić information content (AvgIpc) is 3.54. The molecule has 3 aromatic carbocycles. The molecule has 184 valence electrons. The fourth-order valence-electron chi connectivity index (χ4n) is 5.24. The lowest BCUT2D eigenvalue weighted by Crippen LogP contribution is -2.07. The van der Waals surface area contributed by atoms with Crippen LogP contribution in [0.15, 0.2) is 48.7 Å². The van der Waals surface area contributed by atoms with E-state index in [0.29, 0.717) is 48.0 Å². The summed E-state index contributed by atoms with van der Waals surface area (Å²) in [5.74, 6) is 1.16. The molecule has 1 aliphatic heterocycles. The number of aliphatic carboxylic acids is 1. The molecule has 0 amide bonds. The van der Waals surface area contributed by atoms with Crippen molar-refractivity contribution in [3.05, 3.63) is 76.7 Å². The van der Waals surface area contributed by atoms with Gasteiger partial charge in [-0.1, -0.05) is 6.07 Å². The molecule has 36 heavy (non-hydrogen) atoms. The maximum Gasteiger partial charge on any atom is 0.304 e. The lowest BCUT2D eigenvalue weighted by Gasteiger charge is -2.18. The second kappa shape index (κ2) is 8.55. The van der Waals surface area contributed by atoms with Crippen LogP contribution >= 0.6 is 0 Å². The molecule has 1 N–H and O–H groups in total. The number of benzene rings is 3. The standard InChI is InChI=1S/C28H25FN2O5/c1-15-9-22-16(13-30-31(22)2)10-25(15)36-23-8-6-21(29)28-20(23)5-7-24(28)35-18-3-4-19-17(11-27(32)33)14-34-26(19)12-18/h3-4,6,8-10,12-13,17,24H,5,7,11,14H2,1-2H3,(H,32,33)/t17?,24-/m1/s1. The van der Waals surface area contributed by atoms with Gasteiger partial charge in [-0.3, -0.25) is 9.48 Å². The normalized spacial score (nSPS) is 18.1. The van der Waals surface area contributed by atoms with Gasteiger partial charge in [0.1, 0.15) is 34.9 Å². The Balaban J connectivity index is 1.26. The number of halogens is 1. The van der Waals surface area contributed by atoms with Gasteiger partial charge in [0.15, 0.2) is 0 Å². The van der Waals surface area contributed by atoms with Gasteiger partial charge in [-0.2, -0.15) is 5.10 Å². The van der Waals surface area contributed by atoms with Gasteiger partial charge in [-0.15, -0.1) is 0 Å². The van der Waals surface area contributed by atoms with E-state index in [1.807, 2.05) is 36.9 Å². The molecule has 1 aromatic heterocycles. The van der Waals surface area contributed by atoms with E-state index in [1.54, 1.807) is 24.4 Å². The van der Waals surface area contributed by atoms with Crippen LogP contribution in [-0.4, -0.2) is 27.5 Å². The Bertz CT molecular complexity index is 1510. The Labute approximate surface area is 207 Å². The van der Waals surface area contributed by atoms with Crippen LogP contribution in [0, 0.1) is 12.7 Å². The molecule has 0 saturated carbocycles. The molecule has 2 atom stereocenters. The monoisotopic (exact) mass is 488 g/mol. The van der Waals surface area contributed by atoms with Gasteiger partial charge in [0.05, 0.1) is 24.7 Å². The van der Waals surface area contributed by atoms with Crippen LogP contribution < -0.4 is 14.2 Å². The molecule has 7 nitrogen and oxygen atoms in total. The van der Waals surface area contributed by atoms with Gasteiger partial charge in [0, 0.05) is 41.1 Å². The number of aromatic nitrogens is 2. The number of hydrogen-bond acceptors (Lipinski definition) is 5. The third-order valence-corrected chi connectivity index (χ3v) is 7.07. The largest absolute Gasteiger partial charge is 0.492 e. The van der Waals surface area contributed by atoms with Crippen molar-refractivity contribution < 1.29 is 28.5 Å². The maximum absolute atomic E-state index is 15.0. The number of ether oxygens (including phenoxy) is 3. The predicted molar refractivity (Wildman–Crippen MR) is 131 cm³/mol. The van der Waals surface area contributed by atoms with Gasteiger partial charge in [-0.05, 0) is 55.7 Å². The minimum atomic E-state index is -0.858. The van der Waals surface area contributed by atoms with E-state index in [0.717, 1.165) is 27.6 Å². The fraction of sp³-hybridized carbons (Fsp3) is 0.286. The van der Waals surface area contributed by atoms with Crippen LogP contribution in [0.4, 0.5) is 4.39 Å². The number of nitrogens with zero attached hydrogens (tertiary/aromatic N) is 2. The zero-order valence-electron chi connectivity index (χ0n) is 20.0. The minimum absolute atomic E-state index is 0.0182. The smallest absolute Gasteiger partial charge is 0.304 e. The molecule has 1 aliphatic carbocycles. The van der Waals surface area contributed by atoms with Crippen molar-refractivity contribution in [1.82, 2.24) is 9.78 Å². The molecular formula is C28H25FN2O5. The summed E-state index contributed by atoms with van der Waals surface area (Å²) < 4.78 is 35.0. The van der Waals surface area contributed by atoms with Gasteiger partial charge in [0.2, 0.25) is 0 Å². The van der Waals surface area contributed by atoms with Crippen LogP contribution in [0.5, 0.6) is 23.0 Å². The number of carboxylic acid groups (broad SMARTS) is 1. The van der Waals surface area contributed by atoms with Crippen molar-refractivity contribution >= 4 is 16.9 Å². The van der Waals surface area contributed by atoms with Crippen molar-refractivity contribution in [2.24, 2.45) is 7.05 Å². The first-order valence-electron chi connectivity index (χ1n) is 11.9. The minimum Gasteiger partial charge on any atom is -0.492 e. The summed E-state index contributed by atoms with van der Waals surface area (Å²) in [6.45, 7) is 2.31. The van der Waals surface area contributed by atoms with E-state index in [1.165, 1.54) is 6.07 Å². The highest BCUT2D eigenvalue weighted by Crippen LogP contribution is 2.44. The first kappa shape index (κ1) is 22.4. The van der Waals surface area contributed by atoms with Crippen molar-refractivity contribution in [3.63, 3.8) is 0 Å². The molecule has 0 saturated heterocycles. The van der Waals surface area contributed by atoms with Gasteiger partial charge >= 0.3 is 5.97 Å². The van der Waals surface area contributed by atoms with E-state index in [-0.39, 0.29) is 18.2 Å². The van der Waals surface area contributed by atoms with Crippen LogP contribution in [0.1, 0.15) is 47.1 Å². The van der Waals surface area contributed by atoms with E-state index in [9.17, 15) is 4.79 Å². The summed E-state index contributed by atoms with van der Waals surface area (Å²) in [6, 6.07) is 12.5. The molecule has 0 radical (unpaired) electrons.